The maximum Gasteiger partial charge on any atom is 0.254 e. The van der Waals surface area contributed by atoms with Crippen molar-refractivity contribution in [2.24, 2.45) is 0 Å². The minimum absolute atomic E-state index is 0.0918. The predicted molar refractivity (Wildman–Crippen MR) is 95.3 cm³/mol. The summed E-state index contributed by atoms with van der Waals surface area (Å²) in [5.41, 5.74) is 2.40. The molecule has 2 aromatic heterocycles. The Morgan fingerprint density at radius 3 is 3.00 bits per heavy atom. The lowest BCUT2D eigenvalue weighted by molar-refractivity contribution is 0.0700. The van der Waals surface area contributed by atoms with E-state index in [4.69, 9.17) is 0 Å². The van der Waals surface area contributed by atoms with Crippen LogP contribution in [-0.2, 0) is 0 Å². The lowest BCUT2D eigenvalue weighted by Gasteiger charge is -2.32. The minimum Gasteiger partial charge on any atom is -0.337 e. The van der Waals surface area contributed by atoms with Gasteiger partial charge in [0.15, 0.2) is 5.65 Å². The number of carbonyl (C=O) groups is 1. The van der Waals surface area contributed by atoms with Crippen LogP contribution in [0.15, 0.2) is 12.3 Å². The number of fused-ring (bicyclic) bond motifs is 1. The van der Waals surface area contributed by atoms with E-state index in [9.17, 15) is 4.79 Å². The summed E-state index contributed by atoms with van der Waals surface area (Å²) < 4.78 is 1.94. The van der Waals surface area contributed by atoms with E-state index in [1.54, 1.807) is 6.20 Å². The molecule has 1 aliphatic heterocycles. The summed E-state index contributed by atoms with van der Waals surface area (Å²) in [5, 5.41) is 8.65. The first-order valence-electron chi connectivity index (χ1n) is 8.86. The van der Waals surface area contributed by atoms with Gasteiger partial charge in [-0.05, 0) is 46.2 Å². The molecular weight excluding hydrogens is 302 g/mol. The van der Waals surface area contributed by atoms with Gasteiger partial charge in [0.25, 0.3) is 5.91 Å². The summed E-state index contributed by atoms with van der Waals surface area (Å²) in [6, 6.07) is 2.54. The Bertz CT molecular complexity index is 738. The first-order valence-corrected chi connectivity index (χ1v) is 8.86. The van der Waals surface area contributed by atoms with Gasteiger partial charge in [0, 0.05) is 24.8 Å². The van der Waals surface area contributed by atoms with Crippen LogP contribution in [0, 0.1) is 6.92 Å². The number of rotatable bonds is 4. The highest BCUT2D eigenvalue weighted by molar-refractivity contribution is 6.05. The van der Waals surface area contributed by atoms with E-state index in [2.05, 4.69) is 29.2 Å². The van der Waals surface area contributed by atoms with E-state index in [0.717, 1.165) is 54.6 Å². The van der Waals surface area contributed by atoms with Crippen LogP contribution in [0.25, 0.3) is 11.0 Å². The third-order valence-electron chi connectivity index (χ3n) is 5.05. The Balaban J connectivity index is 1.99. The van der Waals surface area contributed by atoms with Crippen molar-refractivity contribution >= 4 is 16.9 Å². The second kappa shape index (κ2) is 6.89. The minimum atomic E-state index is 0.0918. The smallest absolute Gasteiger partial charge is 0.254 e. The topological polar surface area (TPSA) is 63.1 Å². The standard InChI is InChI=1S/C18H27N5O/c1-5-13(3)23-17-16(10-20-23)15(9-12(2)21-17)18(24)22-8-6-7-14(11-22)19-4/h9-10,13-14,19H,5-8,11H2,1-4H3. The highest BCUT2D eigenvalue weighted by Gasteiger charge is 2.26. The highest BCUT2D eigenvalue weighted by atomic mass is 16.2. The number of nitrogens with zero attached hydrogens (tertiary/aromatic N) is 4. The fourth-order valence-corrected chi connectivity index (χ4v) is 3.38. The molecule has 130 valence electrons. The number of amides is 1. The Kier molecular flexibility index (Phi) is 4.85. The van der Waals surface area contributed by atoms with Gasteiger partial charge in [-0.15, -0.1) is 0 Å². The van der Waals surface area contributed by atoms with E-state index >= 15 is 0 Å². The van der Waals surface area contributed by atoms with E-state index in [1.807, 2.05) is 29.6 Å². The Hall–Kier alpha value is -1.95. The fraction of sp³-hybridized carbons (Fsp3) is 0.611. The molecule has 1 N–H and O–H groups in total. The number of nitrogens with one attached hydrogen (secondary N) is 1. The summed E-state index contributed by atoms with van der Waals surface area (Å²) >= 11 is 0. The molecule has 1 saturated heterocycles. The summed E-state index contributed by atoms with van der Waals surface area (Å²) in [4.78, 5) is 19.7. The zero-order valence-corrected chi connectivity index (χ0v) is 15.0. The van der Waals surface area contributed by atoms with Crippen molar-refractivity contribution in [3.05, 3.63) is 23.5 Å². The molecule has 24 heavy (non-hydrogen) atoms. The van der Waals surface area contributed by atoms with Crippen LogP contribution in [0.4, 0.5) is 0 Å². The van der Waals surface area contributed by atoms with E-state index in [-0.39, 0.29) is 11.9 Å². The van der Waals surface area contributed by atoms with Crippen molar-refractivity contribution in [2.75, 3.05) is 20.1 Å². The lowest BCUT2D eigenvalue weighted by atomic mass is 10.0. The highest BCUT2D eigenvalue weighted by Crippen LogP contribution is 2.24. The number of hydrogen-bond acceptors (Lipinski definition) is 4. The molecule has 0 radical (unpaired) electrons. The number of piperidine rings is 1. The average molecular weight is 329 g/mol. The van der Waals surface area contributed by atoms with Gasteiger partial charge in [-0.1, -0.05) is 6.92 Å². The summed E-state index contributed by atoms with van der Waals surface area (Å²) in [6.07, 6.45) is 4.93. The quantitative estimate of drug-likeness (QED) is 0.936. The van der Waals surface area contributed by atoms with Gasteiger partial charge < -0.3 is 10.2 Å². The third kappa shape index (κ3) is 3.02. The van der Waals surface area contributed by atoms with Crippen LogP contribution >= 0.6 is 0 Å². The van der Waals surface area contributed by atoms with Gasteiger partial charge in [-0.3, -0.25) is 4.79 Å². The fourth-order valence-electron chi connectivity index (χ4n) is 3.38. The normalized spacial score (nSPS) is 19.7. The van der Waals surface area contributed by atoms with E-state index < -0.39 is 0 Å². The van der Waals surface area contributed by atoms with Crippen molar-refractivity contribution in [2.45, 2.75) is 52.1 Å². The molecule has 6 heteroatoms. The number of aromatic nitrogens is 3. The van der Waals surface area contributed by atoms with Gasteiger partial charge in [0.2, 0.25) is 0 Å². The third-order valence-corrected chi connectivity index (χ3v) is 5.05. The van der Waals surface area contributed by atoms with Gasteiger partial charge in [-0.2, -0.15) is 5.10 Å². The van der Waals surface area contributed by atoms with Crippen molar-refractivity contribution in [3.63, 3.8) is 0 Å². The number of likely N-dealkylation sites (tertiary alicyclic amines) is 1. The zero-order chi connectivity index (χ0) is 17.3. The molecule has 1 fully saturated rings. The molecule has 0 aromatic carbocycles. The molecule has 0 saturated carbocycles. The van der Waals surface area contributed by atoms with Crippen molar-refractivity contribution in [3.8, 4) is 0 Å². The second-order valence-corrected chi connectivity index (χ2v) is 6.77. The number of pyridine rings is 1. The molecular formula is C18H27N5O. The van der Waals surface area contributed by atoms with Crippen molar-refractivity contribution in [1.29, 1.82) is 0 Å². The van der Waals surface area contributed by atoms with Gasteiger partial charge in [0.1, 0.15) is 0 Å². The average Bonchev–Trinajstić information content (AvgIpc) is 3.03. The number of aryl methyl sites for hydroxylation is 1. The monoisotopic (exact) mass is 329 g/mol. The molecule has 1 aliphatic rings. The molecule has 1 amide bonds. The van der Waals surface area contributed by atoms with Crippen LogP contribution in [0.5, 0.6) is 0 Å². The maximum absolute atomic E-state index is 13.1. The van der Waals surface area contributed by atoms with E-state index in [0.29, 0.717) is 6.04 Å². The second-order valence-electron chi connectivity index (χ2n) is 6.77. The Morgan fingerprint density at radius 2 is 2.29 bits per heavy atom. The molecule has 0 bridgehead atoms. The first-order chi connectivity index (χ1) is 11.5. The molecule has 0 aliphatic carbocycles. The van der Waals surface area contributed by atoms with Crippen molar-refractivity contribution < 1.29 is 4.79 Å². The van der Waals surface area contributed by atoms with Crippen LogP contribution in [0.3, 0.4) is 0 Å². The SMILES string of the molecule is CCC(C)n1ncc2c(C(=O)N3CCCC(NC)C3)cc(C)nc21. The molecule has 0 spiro atoms. The van der Waals surface area contributed by atoms with Gasteiger partial charge in [-0.25, -0.2) is 9.67 Å². The van der Waals surface area contributed by atoms with Crippen LogP contribution in [-0.4, -0.2) is 51.8 Å². The van der Waals surface area contributed by atoms with Gasteiger partial charge in [0.05, 0.1) is 23.2 Å². The Labute approximate surface area is 143 Å². The Morgan fingerprint density at radius 1 is 1.50 bits per heavy atom. The number of carbonyl (C=O) groups excluding carboxylic acids is 1. The maximum atomic E-state index is 13.1. The molecule has 2 atom stereocenters. The number of likely N-dealkylation sites (N-methyl/N-ethyl adjacent to an activating group) is 1. The van der Waals surface area contributed by atoms with Crippen LogP contribution in [0.1, 0.15) is 55.2 Å². The number of hydrogen-bond donors (Lipinski definition) is 1. The van der Waals surface area contributed by atoms with Crippen molar-refractivity contribution in [1.82, 2.24) is 25.0 Å². The largest absolute Gasteiger partial charge is 0.337 e. The summed E-state index contributed by atoms with van der Waals surface area (Å²) in [6.45, 7) is 7.78. The summed E-state index contributed by atoms with van der Waals surface area (Å²) in [5.74, 6) is 0.0918. The van der Waals surface area contributed by atoms with Crippen LogP contribution < -0.4 is 5.32 Å². The summed E-state index contributed by atoms with van der Waals surface area (Å²) in [7, 11) is 1.96. The van der Waals surface area contributed by atoms with E-state index in [1.165, 1.54) is 0 Å². The lowest BCUT2D eigenvalue weighted by Crippen LogP contribution is -2.47. The van der Waals surface area contributed by atoms with Crippen LogP contribution in [0.2, 0.25) is 0 Å². The molecule has 6 nitrogen and oxygen atoms in total. The molecule has 2 aromatic rings. The molecule has 3 heterocycles. The molecule has 3 rings (SSSR count). The predicted octanol–water partition coefficient (Wildman–Crippen LogP) is 2.53. The van der Waals surface area contributed by atoms with Gasteiger partial charge >= 0.3 is 0 Å². The molecule has 2 unspecified atom stereocenters. The zero-order valence-electron chi connectivity index (χ0n) is 15.0. The first kappa shape index (κ1) is 16.9.